The van der Waals surface area contributed by atoms with Crippen LogP contribution in [0.2, 0.25) is 0 Å². The van der Waals surface area contributed by atoms with E-state index >= 15 is 0 Å². The number of nitrogens with zero attached hydrogens (tertiary/aromatic N) is 1. The number of benzene rings is 1. The minimum absolute atomic E-state index is 0.0510. The van der Waals surface area contributed by atoms with Crippen molar-refractivity contribution in [2.75, 3.05) is 0 Å². The molecule has 0 aliphatic heterocycles. The van der Waals surface area contributed by atoms with Crippen LogP contribution in [0.3, 0.4) is 0 Å². The van der Waals surface area contributed by atoms with Crippen LogP contribution in [0.15, 0.2) is 31.9 Å². The third kappa shape index (κ3) is 2.57. The van der Waals surface area contributed by atoms with E-state index in [1.54, 1.807) is 25.1 Å². The van der Waals surface area contributed by atoms with Gasteiger partial charge in [-0.15, -0.1) is 0 Å². The first kappa shape index (κ1) is 13.8. The minimum atomic E-state index is -0.419. The lowest BCUT2D eigenvalue weighted by atomic mass is 10.0. The molecule has 0 bridgehead atoms. The van der Waals surface area contributed by atoms with Crippen molar-refractivity contribution in [1.82, 2.24) is 4.98 Å². The van der Waals surface area contributed by atoms with Gasteiger partial charge in [-0.05, 0) is 62.5 Å². The summed E-state index contributed by atoms with van der Waals surface area (Å²) in [6.07, 6.45) is 0. The number of phenolic OH excluding ortho intramolecular Hbond substituents is 1. The van der Waals surface area contributed by atoms with Crippen molar-refractivity contribution in [3.63, 3.8) is 0 Å². The summed E-state index contributed by atoms with van der Waals surface area (Å²) < 4.78 is 0.970. The molecule has 0 aliphatic rings. The molecule has 0 saturated heterocycles. The van der Waals surface area contributed by atoms with Crippen molar-refractivity contribution in [3.8, 4) is 22.9 Å². The number of aryl methyl sites for hydroxylation is 1. The number of hydrogen-bond donors (Lipinski definition) is 2. The molecular formula is C13H8Br2N2O2. The van der Waals surface area contributed by atoms with Gasteiger partial charge in [0.1, 0.15) is 17.4 Å². The minimum Gasteiger partial charge on any atom is -0.506 e. The maximum Gasteiger partial charge on any atom is 0.266 e. The van der Waals surface area contributed by atoms with Gasteiger partial charge < -0.3 is 10.1 Å². The Morgan fingerprint density at radius 3 is 2.37 bits per heavy atom. The van der Waals surface area contributed by atoms with Gasteiger partial charge in [0.05, 0.1) is 8.95 Å². The number of rotatable bonds is 1. The van der Waals surface area contributed by atoms with Crippen molar-refractivity contribution >= 4 is 31.9 Å². The standard InChI is InChI=1S/C13H8Br2N2O2/c1-6-2-8(9(5-16)13(19)17-6)7-3-10(14)12(18)11(15)4-7/h2-4,18H,1H3,(H,17,19). The molecule has 2 rings (SSSR count). The number of H-pyrrole nitrogens is 1. The van der Waals surface area contributed by atoms with Crippen LogP contribution in [-0.2, 0) is 0 Å². The summed E-state index contributed by atoms with van der Waals surface area (Å²) in [5, 5.41) is 18.8. The second-order valence-electron chi connectivity index (χ2n) is 3.97. The SMILES string of the molecule is Cc1cc(-c2cc(Br)c(O)c(Br)c2)c(C#N)c(=O)[nH]1. The summed E-state index contributed by atoms with van der Waals surface area (Å²) in [5.74, 6) is 0.0730. The fourth-order valence-corrected chi connectivity index (χ4v) is 2.93. The lowest BCUT2D eigenvalue weighted by Crippen LogP contribution is -2.12. The van der Waals surface area contributed by atoms with E-state index in [4.69, 9.17) is 5.26 Å². The van der Waals surface area contributed by atoms with E-state index in [2.05, 4.69) is 36.8 Å². The van der Waals surface area contributed by atoms with E-state index in [9.17, 15) is 9.90 Å². The molecule has 6 heteroatoms. The molecule has 0 spiro atoms. The Labute approximate surface area is 126 Å². The monoisotopic (exact) mass is 382 g/mol. The first-order valence-electron chi connectivity index (χ1n) is 5.26. The Hall–Kier alpha value is -1.58. The van der Waals surface area contributed by atoms with E-state index in [0.29, 0.717) is 25.8 Å². The summed E-state index contributed by atoms with van der Waals surface area (Å²) >= 11 is 6.46. The summed E-state index contributed by atoms with van der Waals surface area (Å²) in [4.78, 5) is 14.3. The lowest BCUT2D eigenvalue weighted by molar-refractivity contribution is 0.468. The quantitative estimate of drug-likeness (QED) is 0.791. The Morgan fingerprint density at radius 1 is 1.26 bits per heavy atom. The average molecular weight is 384 g/mol. The number of nitrogens with one attached hydrogen (secondary N) is 1. The zero-order valence-electron chi connectivity index (χ0n) is 9.79. The predicted molar refractivity (Wildman–Crippen MR) is 79.0 cm³/mol. The highest BCUT2D eigenvalue weighted by Crippen LogP contribution is 2.37. The number of halogens is 2. The van der Waals surface area contributed by atoms with Gasteiger partial charge in [-0.2, -0.15) is 5.26 Å². The Kier molecular flexibility index (Phi) is 3.78. The lowest BCUT2D eigenvalue weighted by Gasteiger charge is -2.08. The highest BCUT2D eigenvalue weighted by Gasteiger charge is 2.13. The molecule has 1 aromatic carbocycles. The topological polar surface area (TPSA) is 76.9 Å². The van der Waals surface area contributed by atoms with Gasteiger partial charge >= 0.3 is 0 Å². The maximum absolute atomic E-state index is 11.8. The van der Waals surface area contributed by atoms with Crippen LogP contribution < -0.4 is 5.56 Å². The Bertz CT molecular complexity index is 737. The van der Waals surface area contributed by atoms with Crippen molar-refractivity contribution in [2.24, 2.45) is 0 Å². The third-order valence-electron chi connectivity index (χ3n) is 2.61. The molecule has 96 valence electrons. The van der Waals surface area contributed by atoms with Crippen LogP contribution in [0.5, 0.6) is 5.75 Å². The van der Waals surface area contributed by atoms with Crippen LogP contribution in [-0.4, -0.2) is 10.1 Å². The zero-order chi connectivity index (χ0) is 14.2. The first-order valence-corrected chi connectivity index (χ1v) is 6.85. The predicted octanol–water partition coefficient (Wildman–Crippen LogP) is 3.45. The molecule has 19 heavy (non-hydrogen) atoms. The molecule has 2 aromatic rings. The van der Waals surface area contributed by atoms with Crippen LogP contribution in [0.1, 0.15) is 11.3 Å². The highest BCUT2D eigenvalue weighted by molar-refractivity contribution is 9.11. The van der Waals surface area contributed by atoms with Crippen LogP contribution in [0.25, 0.3) is 11.1 Å². The van der Waals surface area contributed by atoms with Crippen LogP contribution >= 0.6 is 31.9 Å². The second-order valence-corrected chi connectivity index (χ2v) is 5.68. The normalized spacial score (nSPS) is 10.2. The second kappa shape index (κ2) is 5.19. The molecule has 0 atom stereocenters. The van der Waals surface area contributed by atoms with Crippen molar-refractivity contribution in [1.29, 1.82) is 5.26 Å². The number of aromatic nitrogens is 1. The van der Waals surface area contributed by atoms with E-state index in [0.717, 1.165) is 0 Å². The number of hydrogen-bond acceptors (Lipinski definition) is 3. The molecule has 0 amide bonds. The molecule has 0 aliphatic carbocycles. The molecular weight excluding hydrogens is 376 g/mol. The maximum atomic E-state index is 11.8. The van der Waals surface area contributed by atoms with Crippen LogP contribution in [0.4, 0.5) is 0 Å². The van der Waals surface area contributed by atoms with Crippen molar-refractivity contribution < 1.29 is 5.11 Å². The Morgan fingerprint density at radius 2 is 1.84 bits per heavy atom. The van der Waals surface area contributed by atoms with Crippen molar-refractivity contribution in [2.45, 2.75) is 6.92 Å². The summed E-state index contributed by atoms with van der Waals surface area (Å²) in [7, 11) is 0. The Balaban J connectivity index is 2.80. The van der Waals surface area contributed by atoms with Gasteiger partial charge in [0.15, 0.2) is 0 Å². The zero-order valence-corrected chi connectivity index (χ0v) is 13.0. The molecule has 0 saturated carbocycles. The first-order chi connectivity index (χ1) is 8.93. The number of phenols is 1. The van der Waals surface area contributed by atoms with Gasteiger partial charge in [-0.1, -0.05) is 0 Å². The highest BCUT2D eigenvalue weighted by atomic mass is 79.9. The number of nitriles is 1. The number of aromatic hydroxyl groups is 1. The molecule has 1 heterocycles. The van der Waals surface area contributed by atoms with Gasteiger partial charge in [0.2, 0.25) is 0 Å². The summed E-state index contributed by atoms with van der Waals surface area (Å²) in [5.41, 5.74) is 1.50. The third-order valence-corrected chi connectivity index (χ3v) is 3.82. The van der Waals surface area contributed by atoms with E-state index < -0.39 is 5.56 Å². The van der Waals surface area contributed by atoms with Gasteiger partial charge in [-0.3, -0.25) is 4.79 Å². The smallest absolute Gasteiger partial charge is 0.266 e. The molecule has 0 radical (unpaired) electrons. The van der Waals surface area contributed by atoms with Crippen LogP contribution in [0, 0.1) is 18.3 Å². The van der Waals surface area contributed by atoms with E-state index in [-0.39, 0.29) is 11.3 Å². The van der Waals surface area contributed by atoms with Gasteiger partial charge in [0.25, 0.3) is 5.56 Å². The molecule has 0 unspecified atom stereocenters. The fourth-order valence-electron chi connectivity index (χ4n) is 1.75. The number of aromatic amines is 1. The van der Waals surface area contributed by atoms with Gasteiger partial charge in [0, 0.05) is 11.3 Å². The van der Waals surface area contributed by atoms with Gasteiger partial charge in [-0.25, -0.2) is 0 Å². The molecule has 0 fully saturated rings. The molecule has 4 nitrogen and oxygen atoms in total. The number of pyridine rings is 1. The fraction of sp³-hybridized carbons (Fsp3) is 0.0769. The average Bonchev–Trinajstić information content (AvgIpc) is 2.34. The van der Waals surface area contributed by atoms with Crippen molar-refractivity contribution in [3.05, 3.63) is 48.8 Å². The largest absolute Gasteiger partial charge is 0.506 e. The summed E-state index contributed by atoms with van der Waals surface area (Å²) in [6, 6.07) is 6.96. The molecule has 1 aromatic heterocycles. The summed E-state index contributed by atoms with van der Waals surface area (Å²) in [6.45, 7) is 1.75. The molecule has 2 N–H and O–H groups in total. The van der Waals surface area contributed by atoms with E-state index in [1.807, 2.05) is 6.07 Å². The van der Waals surface area contributed by atoms with E-state index in [1.165, 1.54) is 0 Å².